The molecule has 0 aliphatic rings. The first kappa shape index (κ1) is 14.2. The summed E-state index contributed by atoms with van der Waals surface area (Å²) in [5.74, 6) is 0. The molecule has 1 rings (SSSR count). The topological polar surface area (TPSA) is 47.1 Å². The summed E-state index contributed by atoms with van der Waals surface area (Å²) in [7, 11) is 2.09. The quantitative estimate of drug-likeness (QED) is 0.825. The number of hydrogen-bond donors (Lipinski definition) is 1. The van der Waals surface area contributed by atoms with E-state index < -0.39 is 0 Å². The summed E-state index contributed by atoms with van der Waals surface area (Å²) in [5.41, 5.74) is 6.89. The number of nitrogens with two attached hydrogens (primary N) is 1. The lowest BCUT2D eigenvalue weighted by Gasteiger charge is -2.33. The first-order chi connectivity index (χ1) is 7.90. The minimum Gasteiger partial charge on any atom is -0.329 e. The Morgan fingerprint density at radius 1 is 1.53 bits per heavy atom. The molecular weight excluding hydrogens is 212 g/mol. The largest absolute Gasteiger partial charge is 0.329 e. The van der Waals surface area contributed by atoms with Crippen molar-refractivity contribution in [3.05, 3.63) is 18.0 Å². The lowest BCUT2D eigenvalue weighted by molar-refractivity contribution is 0.153. The summed E-state index contributed by atoms with van der Waals surface area (Å²) in [6.07, 6.45) is 3.16. The molecule has 98 valence electrons. The summed E-state index contributed by atoms with van der Waals surface area (Å²) >= 11 is 0. The molecule has 0 bridgehead atoms. The molecule has 4 heteroatoms. The third-order valence-electron chi connectivity index (χ3n) is 3.64. The Hall–Kier alpha value is -0.870. The molecule has 4 nitrogen and oxygen atoms in total. The van der Waals surface area contributed by atoms with Crippen LogP contribution in [0.1, 0.15) is 45.9 Å². The third kappa shape index (κ3) is 3.54. The predicted molar refractivity (Wildman–Crippen MR) is 71.8 cm³/mol. The van der Waals surface area contributed by atoms with Crippen LogP contribution in [0.4, 0.5) is 0 Å². The van der Waals surface area contributed by atoms with Crippen molar-refractivity contribution in [2.45, 2.75) is 52.2 Å². The van der Waals surface area contributed by atoms with Crippen LogP contribution in [0.25, 0.3) is 0 Å². The smallest absolute Gasteiger partial charge is 0.0764 e. The number of aromatic nitrogens is 2. The molecule has 0 aromatic carbocycles. The van der Waals surface area contributed by atoms with Crippen molar-refractivity contribution in [1.29, 1.82) is 0 Å². The Kier molecular flexibility index (Phi) is 4.71. The van der Waals surface area contributed by atoms with Crippen molar-refractivity contribution >= 4 is 0 Å². The standard InChI is InChI=1S/C13H26N4/c1-6-11(2)17-8-7-12(15-17)9-16(5)13(3,4)10-14/h7-8,11H,6,9-10,14H2,1-5H3. The van der Waals surface area contributed by atoms with Gasteiger partial charge >= 0.3 is 0 Å². The monoisotopic (exact) mass is 238 g/mol. The van der Waals surface area contributed by atoms with Crippen LogP contribution >= 0.6 is 0 Å². The van der Waals surface area contributed by atoms with Crippen LogP contribution in [0.5, 0.6) is 0 Å². The van der Waals surface area contributed by atoms with Gasteiger partial charge in [-0.25, -0.2) is 0 Å². The molecular formula is C13H26N4. The normalized spacial score (nSPS) is 14.3. The molecule has 0 aliphatic carbocycles. The molecule has 1 aromatic heterocycles. The SMILES string of the molecule is CCC(C)n1ccc(CN(C)C(C)(C)CN)n1. The summed E-state index contributed by atoms with van der Waals surface area (Å²) in [6.45, 7) is 10.2. The predicted octanol–water partition coefficient (Wildman–Crippen LogP) is 2.02. The first-order valence-corrected chi connectivity index (χ1v) is 6.36. The van der Waals surface area contributed by atoms with Gasteiger partial charge in [0.1, 0.15) is 0 Å². The van der Waals surface area contributed by atoms with Gasteiger partial charge in [-0.05, 0) is 40.3 Å². The van der Waals surface area contributed by atoms with Crippen LogP contribution in [0.15, 0.2) is 12.3 Å². The van der Waals surface area contributed by atoms with Crippen molar-refractivity contribution in [2.75, 3.05) is 13.6 Å². The molecule has 0 saturated carbocycles. The van der Waals surface area contributed by atoms with Gasteiger partial charge in [-0.3, -0.25) is 9.58 Å². The summed E-state index contributed by atoms with van der Waals surface area (Å²) in [4.78, 5) is 2.25. The second-order valence-electron chi connectivity index (χ2n) is 5.42. The summed E-state index contributed by atoms with van der Waals surface area (Å²) in [6, 6.07) is 2.56. The maximum Gasteiger partial charge on any atom is 0.0764 e. The highest BCUT2D eigenvalue weighted by atomic mass is 15.3. The number of hydrogen-bond acceptors (Lipinski definition) is 3. The van der Waals surface area contributed by atoms with E-state index in [-0.39, 0.29) is 5.54 Å². The van der Waals surface area contributed by atoms with Gasteiger partial charge in [0, 0.05) is 30.9 Å². The van der Waals surface area contributed by atoms with Gasteiger partial charge < -0.3 is 5.73 Å². The van der Waals surface area contributed by atoms with Gasteiger partial charge in [0.15, 0.2) is 0 Å². The van der Waals surface area contributed by atoms with E-state index in [4.69, 9.17) is 5.73 Å². The Labute approximate surface area is 105 Å². The van der Waals surface area contributed by atoms with Crippen LogP contribution in [0.2, 0.25) is 0 Å². The summed E-state index contributed by atoms with van der Waals surface area (Å²) < 4.78 is 2.04. The zero-order chi connectivity index (χ0) is 13.1. The second-order valence-corrected chi connectivity index (χ2v) is 5.42. The molecule has 2 N–H and O–H groups in total. The highest BCUT2D eigenvalue weighted by Crippen LogP contribution is 2.15. The maximum atomic E-state index is 5.77. The Bertz CT molecular complexity index is 343. The van der Waals surface area contributed by atoms with E-state index in [0.29, 0.717) is 12.6 Å². The highest BCUT2D eigenvalue weighted by molar-refractivity contribution is 5.00. The molecule has 0 spiro atoms. The lowest BCUT2D eigenvalue weighted by Crippen LogP contribution is -2.46. The van der Waals surface area contributed by atoms with Crippen LogP contribution < -0.4 is 5.73 Å². The average Bonchev–Trinajstić information content (AvgIpc) is 2.76. The number of rotatable bonds is 6. The zero-order valence-corrected chi connectivity index (χ0v) is 11.8. The van der Waals surface area contributed by atoms with Crippen LogP contribution in [0.3, 0.4) is 0 Å². The fourth-order valence-corrected chi connectivity index (χ4v) is 1.51. The van der Waals surface area contributed by atoms with E-state index >= 15 is 0 Å². The van der Waals surface area contributed by atoms with Crippen molar-refractivity contribution in [3.63, 3.8) is 0 Å². The highest BCUT2D eigenvalue weighted by Gasteiger charge is 2.22. The van der Waals surface area contributed by atoms with Crippen LogP contribution in [-0.2, 0) is 6.54 Å². The van der Waals surface area contributed by atoms with E-state index in [1.54, 1.807) is 0 Å². The minimum absolute atomic E-state index is 0.0140. The van der Waals surface area contributed by atoms with Gasteiger partial charge in [-0.1, -0.05) is 6.92 Å². The van der Waals surface area contributed by atoms with Crippen molar-refractivity contribution in [1.82, 2.24) is 14.7 Å². The molecule has 0 aliphatic heterocycles. The van der Waals surface area contributed by atoms with Gasteiger partial charge in [0.25, 0.3) is 0 Å². The van der Waals surface area contributed by atoms with Crippen LogP contribution in [-0.4, -0.2) is 33.8 Å². The van der Waals surface area contributed by atoms with Gasteiger partial charge in [-0.15, -0.1) is 0 Å². The lowest BCUT2D eigenvalue weighted by atomic mass is 10.0. The molecule has 0 saturated heterocycles. The van der Waals surface area contributed by atoms with Gasteiger partial charge in [-0.2, -0.15) is 5.10 Å². The van der Waals surface area contributed by atoms with Crippen molar-refractivity contribution < 1.29 is 0 Å². The molecule has 1 heterocycles. The number of likely N-dealkylation sites (N-methyl/N-ethyl adjacent to an activating group) is 1. The molecule has 17 heavy (non-hydrogen) atoms. The van der Waals surface area contributed by atoms with Crippen molar-refractivity contribution in [2.24, 2.45) is 5.73 Å². The summed E-state index contributed by atoms with van der Waals surface area (Å²) in [5, 5.41) is 4.60. The maximum absolute atomic E-state index is 5.77. The molecule has 0 amide bonds. The van der Waals surface area contributed by atoms with Crippen molar-refractivity contribution in [3.8, 4) is 0 Å². The van der Waals surface area contributed by atoms with E-state index in [1.165, 1.54) is 0 Å². The fraction of sp³-hybridized carbons (Fsp3) is 0.769. The molecule has 1 unspecified atom stereocenters. The van der Waals surface area contributed by atoms with E-state index in [9.17, 15) is 0 Å². The molecule has 0 fully saturated rings. The van der Waals surface area contributed by atoms with Gasteiger partial charge in [0.2, 0.25) is 0 Å². The van der Waals surface area contributed by atoms with E-state index in [1.807, 2.05) is 4.68 Å². The second kappa shape index (κ2) is 5.65. The third-order valence-corrected chi connectivity index (χ3v) is 3.64. The Balaban J connectivity index is 2.66. The number of nitrogens with zero attached hydrogens (tertiary/aromatic N) is 3. The average molecular weight is 238 g/mol. The van der Waals surface area contributed by atoms with E-state index in [2.05, 4.69) is 57.0 Å². The van der Waals surface area contributed by atoms with Crippen LogP contribution in [0, 0.1) is 0 Å². The Morgan fingerprint density at radius 3 is 2.71 bits per heavy atom. The first-order valence-electron chi connectivity index (χ1n) is 6.36. The van der Waals surface area contributed by atoms with E-state index in [0.717, 1.165) is 18.7 Å². The minimum atomic E-state index is 0.0140. The zero-order valence-electron chi connectivity index (χ0n) is 11.8. The Morgan fingerprint density at radius 2 is 2.18 bits per heavy atom. The molecule has 0 radical (unpaired) electrons. The molecule has 1 atom stereocenters. The fourth-order valence-electron chi connectivity index (χ4n) is 1.51. The molecule has 1 aromatic rings. The van der Waals surface area contributed by atoms with Gasteiger partial charge in [0.05, 0.1) is 5.69 Å².